The van der Waals surface area contributed by atoms with E-state index in [2.05, 4.69) is 25.2 Å². The zero-order chi connectivity index (χ0) is 32.9. The summed E-state index contributed by atoms with van der Waals surface area (Å²) in [7, 11) is 1.25. The van der Waals surface area contributed by atoms with Crippen molar-refractivity contribution in [3.8, 4) is 17.0 Å². The number of carbonyl (C=O) groups is 4. The van der Waals surface area contributed by atoms with Gasteiger partial charge in [0, 0.05) is 31.4 Å². The molecule has 0 spiro atoms. The number of hydrogen-bond donors (Lipinski definition) is 2. The maximum absolute atomic E-state index is 13.4. The quantitative estimate of drug-likeness (QED) is 0.148. The van der Waals surface area contributed by atoms with Gasteiger partial charge in [0.15, 0.2) is 11.5 Å². The van der Waals surface area contributed by atoms with Crippen LogP contribution < -0.4 is 20.7 Å². The van der Waals surface area contributed by atoms with Crippen LogP contribution in [-0.2, 0) is 9.47 Å². The van der Waals surface area contributed by atoms with Gasteiger partial charge in [-0.1, -0.05) is 12.1 Å². The molecule has 0 saturated carbocycles. The van der Waals surface area contributed by atoms with Crippen LogP contribution >= 0.6 is 0 Å². The van der Waals surface area contributed by atoms with E-state index in [9.17, 15) is 19.2 Å². The second-order valence-corrected chi connectivity index (χ2v) is 10.6. The molecule has 2 aromatic heterocycles. The topological polar surface area (TPSA) is 179 Å². The lowest BCUT2D eigenvalue weighted by atomic mass is 10.1. The highest BCUT2D eigenvalue weighted by atomic mass is 16.5. The Hall–Kier alpha value is -5.89. The predicted molar refractivity (Wildman–Crippen MR) is 170 cm³/mol. The SMILES string of the molecule is COC(=O)c1cc(-c2cnc(N)c(C(=O)Nc3cnccc3N3CCOCC3)n2)ccc1OCCCN1C(=O)c2ccccc2C1=O. The Kier molecular flexibility index (Phi) is 9.02. The summed E-state index contributed by atoms with van der Waals surface area (Å²) in [5, 5.41) is 2.84. The number of rotatable bonds is 10. The average molecular weight is 638 g/mol. The molecule has 2 aliphatic rings. The number of nitrogen functional groups attached to an aromatic ring is 1. The van der Waals surface area contributed by atoms with Gasteiger partial charge in [-0.15, -0.1) is 0 Å². The molecule has 14 nitrogen and oxygen atoms in total. The van der Waals surface area contributed by atoms with Gasteiger partial charge < -0.3 is 30.2 Å². The molecule has 4 heterocycles. The van der Waals surface area contributed by atoms with E-state index in [4.69, 9.17) is 19.9 Å². The molecule has 2 aromatic carbocycles. The lowest BCUT2D eigenvalue weighted by Crippen LogP contribution is -2.36. The van der Waals surface area contributed by atoms with Crippen LogP contribution in [0.3, 0.4) is 0 Å². The van der Waals surface area contributed by atoms with Crippen molar-refractivity contribution < 1.29 is 33.4 Å². The standard InChI is InChI=1S/C33H31N7O7/c1-45-33(44)23-17-20(7-8-27(23)47-14-4-11-40-31(42)21-5-2-3-6-22(21)32(40)43)24-19-36-29(34)28(37-24)30(41)38-25-18-35-10-9-26(25)39-12-15-46-16-13-39/h2-3,5-10,17-19H,4,11-16H2,1H3,(H2,34,36)(H,38,41). The maximum Gasteiger partial charge on any atom is 0.341 e. The van der Waals surface area contributed by atoms with Crippen molar-refractivity contribution in [2.45, 2.75) is 6.42 Å². The average Bonchev–Trinajstić information content (AvgIpc) is 3.35. The van der Waals surface area contributed by atoms with Crippen LogP contribution in [0.5, 0.6) is 5.75 Å². The van der Waals surface area contributed by atoms with E-state index in [0.717, 1.165) is 5.69 Å². The number of ether oxygens (including phenoxy) is 3. The summed E-state index contributed by atoms with van der Waals surface area (Å²) < 4.78 is 16.3. The van der Waals surface area contributed by atoms with Gasteiger partial charge in [0.1, 0.15) is 11.3 Å². The summed E-state index contributed by atoms with van der Waals surface area (Å²) in [5.41, 5.74) is 8.85. The molecule has 0 unspecified atom stereocenters. The number of fused-ring (bicyclic) bond motifs is 1. The van der Waals surface area contributed by atoms with E-state index in [0.29, 0.717) is 55.1 Å². The van der Waals surface area contributed by atoms with E-state index in [1.807, 2.05) is 6.07 Å². The zero-order valence-electron chi connectivity index (χ0n) is 25.5. The number of hydrogen-bond acceptors (Lipinski definition) is 12. The number of amides is 3. The first-order valence-corrected chi connectivity index (χ1v) is 14.9. The molecule has 0 radical (unpaired) electrons. The number of nitrogens with zero attached hydrogens (tertiary/aromatic N) is 5. The van der Waals surface area contributed by atoms with E-state index >= 15 is 0 Å². The third-order valence-corrected chi connectivity index (χ3v) is 7.76. The molecule has 6 rings (SSSR count). The Labute approximate surface area is 269 Å². The molecular weight excluding hydrogens is 606 g/mol. The molecule has 47 heavy (non-hydrogen) atoms. The van der Waals surface area contributed by atoms with Crippen molar-refractivity contribution in [2.24, 2.45) is 0 Å². The molecule has 1 fully saturated rings. The van der Waals surface area contributed by atoms with Crippen molar-refractivity contribution in [3.63, 3.8) is 0 Å². The summed E-state index contributed by atoms with van der Waals surface area (Å²) in [6.07, 6.45) is 4.93. The molecular formula is C33H31N7O7. The minimum absolute atomic E-state index is 0.0748. The van der Waals surface area contributed by atoms with Gasteiger partial charge in [0.25, 0.3) is 17.7 Å². The smallest absolute Gasteiger partial charge is 0.341 e. The van der Waals surface area contributed by atoms with Crippen molar-refractivity contribution in [1.82, 2.24) is 19.9 Å². The van der Waals surface area contributed by atoms with E-state index in [-0.39, 0.29) is 53.5 Å². The van der Waals surface area contributed by atoms with Crippen molar-refractivity contribution in [2.75, 3.05) is 62.5 Å². The fourth-order valence-corrected chi connectivity index (χ4v) is 5.38. The summed E-state index contributed by atoms with van der Waals surface area (Å²) in [5.74, 6) is -1.77. The van der Waals surface area contributed by atoms with Crippen LogP contribution in [0, 0.1) is 0 Å². The molecule has 1 saturated heterocycles. The number of benzene rings is 2. The number of nitrogens with one attached hydrogen (secondary N) is 1. The maximum atomic E-state index is 13.4. The molecule has 3 N–H and O–H groups in total. The Morgan fingerprint density at radius 3 is 2.49 bits per heavy atom. The first kappa shape index (κ1) is 31.1. The van der Waals surface area contributed by atoms with Crippen LogP contribution in [-0.4, -0.2) is 90.1 Å². The normalized spacial score (nSPS) is 14.1. The number of pyridine rings is 1. The van der Waals surface area contributed by atoms with Crippen LogP contribution in [0.2, 0.25) is 0 Å². The number of methoxy groups -OCH3 is 1. The molecule has 14 heteroatoms. The van der Waals surface area contributed by atoms with Crippen LogP contribution in [0.4, 0.5) is 17.2 Å². The lowest BCUT2D eigenvalue weighted by Gasteiger charge is -2.30. The Bertz CT molecular complexity index is 1820. The molecule has 240 valence electrons. The third-order valence-electron chi connectivity index (χ3n) is 7.76. The van der Waals surface area contributed by atoms with E-state index in [1.54, 1.807) is 48.8 Å². The number of aromatic nitrogens is 3. The first-order valence-electron chi connectivity index (χ1n) is 14.9. The Morgan fingerprint density at radius 2 is 1.77 bits per heavy atom. The van der Waals surface area contributed by atoms with Gasteiger partial charge >= 0.3 is 5.97 Å². The van der Waals surface area contributed by atoms with Gasteiger partial charge in [0.2, 0.25) is 0 Å². The molecule has 3 amide bonds. The number of anilines is 3. The fraction of sp³-hybridized carbons (Fsp3) is 0.242. The molecule has 4 aromatic rings. The molecule has 0 bridgehead atoms. The lowest BCUT2D eigenvalue weighted by molar-refractivity contribution is 0.0595. The van der Waals surface area contributed by atoms with E-state index < -0.39 is 11.9 Å². The minimum Gasteiger partial charge on any atom is -0.493 e. The van der Waals surface area contributed by atoms with Crippen molar-refractivity contribution in [1.29, 1.82) is 0 Å². The number of carbonyl (C=O) groups excluding carboxylic acids is 4. The monoisotopic (exact) mass is 637 g/mol. The highest BCUT2D eigenvalue weighted by Gasteiger charge is 2.34. The van der Waals surface area contributed by atoms with Crippen LogP contribution in [0.1, 0.15) is 48.0 Å². The summed E-state index contributed by atoms with van der Waals surface area (Å²) in [4.78, 5) is 67.4. The summed E-state index contributed by atoms with van der Waals surface area (Å²) >= 11 is 0. The first-order chi connectivity index (χ1) is 22.9. The second-order valence-electron chi connectivity index (χ2n) is 10.6. The molecule has 2 aliphatic heterocycles. The van der Waals surface area contributed by atoms with Gasteiger partial charge in [-0.2, -0.15) is 0 Å². The largest absolute Gasteiger partial charge is 0.493 e. The number of nitrogens with two attached hydrogens (primary N) is 1. The highest BCUT2D eigenvalue weighted by Crippen LogP contribution is 2.29. The summed E-state index contributed by atoms with van der Waals surface area (Å²) in [6.45, 7) is 2.74. The number of esters is 1. The highest BCUT2D eigenvalue weighted by molar-refractivity contribution is 6.21. The van der Waals surface area contributed by atoms with Crippen LogP contribution in [0.15, 0.2) is 67.1 Å². The zero-order valence-corrected chi connectivity index (χ0v) is 25.5. The van der Waals surface area contributed by atoms with Gasteiger partial charge in [-0.25, -0.2) is 14.8 Å². The minimum atomic E-state index is -0.657. The number of morpholine rings is 1. The van der Waals surface area contributed by atoms with Gasteiger partial charge in [-0.3, -0.25) is 24.3 Å². The van der Waals surface area contributed by atoms with Gasteiger partial charge in [-0.05, 0) is 42.8 Å². The van der Waals surface area contributed by atoms with Gasteiger partial charge in [0.05, 0.1) is 67.5 Å². The van der Waals surface area contributed by atoms with Crippen LogP contribution in [0.25, 0.3) is 11.3 Å². The molecule has 0 aliphatic carbocycles. The Balaban J connectivity index is 1.16. The fourth-order valence-electron chi connectivity index (χ4n) is 5.38. The van der Waals surface area contributed by atoms with E-state index in [1.165, 1.54) is 24.3 Å². The predicted octanol–water partition coefficient (Wildman–Crippen LogP) is 3.06. The summed E-state index contributed by atoms with van der Waals surface area (Å²) in [6, 6.07) is 13.2. The van der Waals surface area contributed by atoms with Crippen molar-refractivity contribution in [3.05, 3.63) is 89.5 Å². The Morgan fingerprint density at radius 1 is 1.02 bits per heavy atom. The molecule has 0 atom stereocenters. The second kappa shape index (κ2) is 13.6. The third kappa shape index (κ3) is 6.44. The van der Waals surface area contributed by atoms with Crippen molar-refractivity contribution >= 4 is 40.9 Å². The number of imide groups is 1.